The van der Waals surface area contributed by atoms with Crippen molar-refractivity contribution in [3.05, 3.63) is 24.3 Å². The third-order valence-corrected chi connectivity index (χ3v) is 2.08. The number of nitrogens with two attached hydrogens (primary N) is 1. The fourth-order valence-electron chi connectivity index (χ4n) is 1.06. The summed E-state index contributed by atoms with van der Waals surface area (Å²) in [4.78, 5) is 10.8. The number of rotatable bonds is 4. The maximum absolute atomic E-state index is 12.6. The summed E-state index contributed by atoms with van der Waals surface area (Å²) < 4.78 is 65.2. The molecule has 0 aromatic heterocycles. The molecule has 0 aliphatic rings. The first-order chi connectivity index (χ1) is 9.15. The van der Waals surface area contributed by atoms with Crippen LogP contribution < -0.4 is 21.3 Å². The Labute approximate surface area is 109 Å². The zero-order valence-corrected chi connectivity index (χ0v) is 9.80. The highest BCUT2D eigenvalue weighted by atomic mass is 19.4. The summed E-state index contributed by atoms with van der Waals surface area (Å²) in [5.41, 5.74) is 2.04. The first-order valence-corrected chi connectivity index (χ1v) is 5.11. The monoisotopic (exact) mass is 299 g/mol. The van der Waals surface area contributed by atoms with E-state index in [4.69, 9.17) is 5.84 Å². The van der Waals surface area contributed by atoms with E-state index in [0.717, 1.165) is 12.1 Å². The summed E-state index contributed by atoms with van der Waals surface area (Å²) in [7, 11) is 0. The molecule has 0 spiro atoms. The smallest absolute Gasteiger partial charge is 0.456 e. The van der Waals surface area contributed by atoms with Crippen LogP contribution in [0.5, 0.6) is 5.75 Å². The van der Waals surface area contributed by atoms with Crippen LogP contribution in [0.25, 0.3) is 0 Å². The minimum Gasteiger partial charge on any atom is -0.487 e. The molecular weight excluding hydrogens is 289 g/mol. The Morgan fingerprint density at radius 2 is 1.70 bits per heavy atom. The molecule has 4 N–H and O–H groups in total. The molecule has 1 aromatic carbocycles. The topological polar surface area (TPSA) is 76.4 Å². The predicted molar refractivity (Wildman–Crippen MR) is 59.3 cm³/mol. The number of ether oxygens (including phenoxy) is 1. The van der Waals surface area contributed by atoms with Crippen molar-refractivity contribution in [3.8, 4) is 5.75 Å². The van der Waals surface area contributed by atoms with Crippen LogP contribution in [0, 0.1) is 0 Å². The number of urea groups is 1. The van der Waals surface area contributed by atoms with Gasteiger partial charge in [-0.15, -0.1) is 0 Å². The van der Waals surface area contributed by atoms with E-state index in [-0.39, 0.29) is 11.4 Å². The van der Waals surface area contributed by atoms with Gasteiger partial charge in [0.05, 0.1) is 0 Å². The van der Waals surface area contributed by atoms with Crippen LogP contribution in [0.2, 0.25) is 0 Å². The minimum absolute atomic E-state index is 0.201. The van der Waals surface area contributed by atoms with E-state index in [9.17, 15) is 26.7 Å². The molecule has 112 valence electrons. The fraction of sp³-hybridized carbons (Fsp3) is 0.300. The molecule has 10 heteroatoms. The van der Waals surface area contributed by atoms with Crippen molar-refractivity contribution in [2.24, 2.45) is 5.84 Å². The normalized spacial score (nSPS) is 11.9. The third kappa shape index (κ3) is 4.23. The number of anilines is 1. The Bertz CT molecular complexity index is 461. The van der Waals surface area contributed by atoms with Crippen LogP contribution in [0.3, 0.4) is 0 Å². The lowest BCUT2D eigenvalue weighted by Gasteiger charge is -2.19. The summed E-state index contributed by atoms with van der Waals surface area (Å²) in [6.45, 7) is -1.83. The van der Waals surface area contributed by atoms with Crippen LogP contribution in [0.4, 0.5) is 32.4 Å². The van der Waals surface area contributed by atoms with Crippen LogP contribution in [-0.4, -0.2) is 24.7 Å². The van der Waals surface area contributed by atoms with E-state index >= 15 is 0 Å². The van der Waals surface area contributed by atoms with Gasteiger partial charge in [-0.3, -0.25) is 5.43 Å². The lowest BCUT2D eigenvalue weighted by Crippen LogP contribution is -2.41. The number of benzene rings is 1. The van der Waals surface area contributed by atoms with E-state index in [1.165, 1.54) is 12.1 Å². The maximum Gasteiger partial charge on any atom is 0.456 e. The Hall–Kier alpha value is -2.10. The molecule has 0 heterocycles. The number of alkyl halides is 5. The molecule has 0 fully saturated rings. The average molecular weight is 299 g/mol. The second-order valence-corrected chi connectivity index (χ2v) is 3.61. The number of carbonyl (C=O) groups is 1. The van der Waals surface area contributed by atoms with Crippen molar-refractivity contribution in [3.63, 3.8) is 0 Å². The van der Waals surface area contributed by atoms with Crippen molar-refractivity contribution in [1.82, 2.24) is 5.43 Å². The molecule has 0 radical (unpaired) electrons. The first-order valence-electron chi connectivity index (χ1n) is 5.11. The van der Waals surface area contributed by atoms with Gasteiger partial charge in [-0.25, -0.2) is 10.6 Å². The van der Waals surface area contributed by atoms with E-state index < -0.39 is 24.7 Å². The SMILES string of the molecule is NNC(=O)Nc1ccc(OCC(F)(F)C(F)(F)F)cc1. The molecule has 0 saturated carbocycles. The van der Waals surface area contributed by atoms with Crippen molar-refractivity contribution < 1.29 is 31.5 Å². The number of nitrogens with one attached hydrogen (secondary N) is 2. The molecule has 0 saturated heterocycles. The van der Waals surface area contributed by atoms with Crippen LogP contribution in [0.1, 0.15) is 0 Å². The summed E-state index contributed by atoms with van der Waals surface area (Å²) in [6, 6.07) is 4.02. The summed E-state index contributed by atoms with van der Waals surface area (Å²) in [5, 5.41) is 2.26. The molecule has 20 heavy (non-hydrogen) atoms. The molecule has 0 aliphatic carbocycles. The second kappa shape index (κ2) is 5.90. The van der Waals surface area contributed by atoms with Crippen LogP contribution in [-0.2, 0) is 0 Å². The van der Waals surface area contributed by atoms with Gasteiger partial charge in [0.15, 0.2) is 6.61 Å². The van der Waals surface area contributed by atoms with Gasteiger partial charge in [-0.05, 0) is 24.3 Å². The maximum atomic E-state index is 12.6. The van der Waals surface area contributed by atoms with Gasteiger partial charge in [-0.1, -0.05) is 0 Å². The average Bonchev–Trinajstić information content (AvgIpc) is 2.36. The number of halogens is 5. The Kier molecular flexibility index (Phi) is 4.71. The number of carbonyl (C=O) groups excluding carboxylic acids is 1. The highest BCUT2D eigenvalue weighted by Crippen LogP contribution is 2.35. The molecule has 0 unspecified atom stereocenters. The van der Waals surface area contributed by atoms with Gasteiger partial charge in [0, 0.05) is 5.69 Å². The zero-order valence-electron chi connectivity index (χ0n) is 9.80. The Balaban J connectivity index is 2.60. The van der Waals surface area contributed by atoms with E-state index in [0.29, 0.717) is 0 Å². The van der Waals surface area contributed by atoms with Gasteiger partial charge in [0.1, 0.15) is 5.75 Å². The van der Waals surface area contributed by atoms with Gasteiger partial charge in [0.2, 0.25) is 0 Å². The number of hydrazine groups is 1. The first kappa shape index (κ1) is 16.0. The molecule has 0 aliphatic heterocycles. The van der Waals surface area contributed by atoms with Crippen molar-refractivity contribution in [2.45, 2.75) is 12.1 Å². The molecule has 0 bridgehead atoms. The molecular formula is C10H10F5N3O2. The third-order valence-electron chi connectivity index (χ3n) is 2.08. The lowest BCUT2D eigenvalue weighted by molar-refractivity contribution is -0.290. The fourth-order valence-corrected chi connectivity index (χ4v) is 1.06. The molecule has 1 rings (SSSR count). The van der Waals surface area contributed by atoms with E-state index in [1.807, 2.05) is 0 Å². The number of amides is 2. The van der Waals surface area contributed by atoms with Crippen molar-refractivity contribution in [2.75, 3.05) is 11.9 Å². The summed E-state index contributed by atoms with van der Waals surface area (Å²) in [5.74, 6) is -0.333. The van der Waals surface area contributed by atoms with Crippen molar-refractivity contribution >= 4 is 11.7 Å². The van der Waals surface area contributed by atoms with Gasteiger partial charge in [-0.2, -0.15) is 22.0 Å². The quantitative estimate of drug-likeness (QED) is 0.345. The van der Waals surface area contributed by atoms with E-state index in [1.54, 1.807) is 5.43 Å². The molecule has 2 amide bonds. The van der Waals surface area contributed by atoms with Crippen LogP contribution >= 0.6 is 0 Å². The molecule has 5 nitrogen and oxygen atoms in total. The van der Waals surface area contributed by atoms with Crippen LogP contribution in [0.15, 0.2) is 24.3 Å². The van der Waals surface area contributed by atoms with Gasteiger partial charge < -0.3 is 10.1 Å². The Morgan fingerprint density at radius 3 is 2.15 bits per heavy atom. The summed E-state index contributed by atoms with van der Waals surface area (Å²) in [6.07, 6.45) is -5.67. The molecule has 1 aromatic rings. The zero-order chi connectivity index (χ0) is 15.4. The standard InChI is InChI=1S/C10H10F5N3O2/c11-9(12,10(13,14)15)5-20-7-3-1-6(2-4-7)17-8(19)18-16/h1-4H,5,16H2,(H2,17,18,19). The minimum atomic E-state index is -5.67. The molecule has 0 atom stereocenters. The highest BCUT2D eigenvalue weighted by Gasteiger charge is 2.58. The van der Waals surface area contributed by atoms with Crippen molar-refractivity contribution in [1.29, 1.82) is 0 Å². The lowest BCUT2D eigenvalue weighted by atomic mass is 10.3. The predicted octanol–water partition coefficient (Wildman–Crippen LogP) is 2.26. The second-order valence-electron chi connectivity index (χ2n) is 3.61. The Morgan fingerprint density at radius 1 is 1.15 bits per heavy atom. The van der Waals surface area contributed by atoms with Gasteiger partial charge in [0.25, 0.3) is 0 Å². The number of hydrogen-bond donors (Lipinski definition) is 3. The van der Waals surface area contributed by atoms with E-state index in [2.05, 4.69) is 10.1 Å². The number of hydrogen-bond acceptors (Lipinski definition) is 3. The highest BCUT2D eigenvalue weighted by molar-refractivity contribution is 5.88. The van der Waals surface area contributed by atoms with Gasteiger partial charge >= 0.3 is 18.1 Å². The summed E-state index contributed by atoms with van der Waals surface area (Å²) >= 11 is 0. The largest absolute Gasteiger partial charge is 0.487 e.